The highest BCUT2D eigenvalue weighted by Gasteiger charge is 2.21. The lowest BCUT2D eigenvalue weighted by Crippen LogP contribution is -2.13. The Labute approximate surface area is 153 Å². The fraction of sp³-hybridized carbons (Fsp3) is 0.312. The SMILES string of the molecule is CCCCn1nc(C)c(C(=O)Nc2nc(-c3cccs3)cs2)c1Cl. The molecule has 8 heteroatoms. The molecule has 24 heavy (non-hydrogen) atoms. The van der Waals surface area contributed by atoms with E-state index in [0.29, 0.717) is 28.1 Å². The van der Waals surface area contributed by atoms with Gasteiger partial charge in [0, 0.05) is 11.9 Å². The minimum absolute atomic E-state index is 0.271. The van der Waals surface area contributed by atoms with Crippen LogP contribution in [0.15, 0.2) is 22.9 Å². The molecule has 0 aliphatic rings. The lowest BCUT2D eigenvalue weighted by atomic mass is 10.2. The molecule has 0 unspecified atom stereocenters. The number of aryl methyl sites for hydroxylation is 2. The van der Waals surface area contributed by atoms with E-state index in [2.05, 4.69) is 22.3 Å². The van der Waals surface area contributed by atoms with Gasteiger partial charge in [-0.3, -0.25) is 14.8 Å². The number of nitrogens with one attached hydrogen (secondary N) is 1. The van der Waals surface area contributed by atoms with Crippen LogP contribution in [0.25, 0.3) is 10.6 Å². The Hall–Kier alpha value is -1.70. The first-order chi connectivity index (χ1) is 11.6. The molecule has 5 nitrogen and oxygen atoms in total. The van der Waals surface area contributed by atoms with Gasteiger partial charge in [0.25, 0.3) is 5.91 Å². The Balaban J connectivity index is 1.77. The lowest BCUT2D eigenvalue weighted by Gasteiger charge is -2.03. The molecule has 0 fully saturated rings. The Morgan fingerprint density at radius 3 is 2.96 bits per heavy atom. The van der Waals surface area contributed by atoms with Gasteiger partial charge in [0.05, 0.1) is 21.8 Å². The molecule has 0 aromatic carbocycles. The van der Waals surface area contributed by atoms with Gasteiger partial charge in [-0.1, -0.05) is 31.0 Å². The van der Waals surface area contributed by atoms with E-state index in [-0.39, 0.29) is 5.91 Å². The zero-order valence-electron chi connectivity index (χ0n) is 13.4. The van der Waals surface area contributed by atoms with Crippen molar-refractivity contribution in [2.75, 3.05) is 5.32 Å². The number of halogens is 1. The second-order valence-electron chi connectivity index (χ2n) is 5.30. The molecule has 3 heterocycles. The monoisotopic (exact) mass is 380 g/mol. The molecule has 3 aromatic heterocycles. The summed E-state index contributed by atoms with van der Waals surface area (Å²) in [6.45, 7) is 4.61. The van der Waals surface area contributed by atoms with E-state index in [9.17, 15) is 4.79 Å². The van der Waals surface area contributed by atoms with Gasteiger partial charge < -0.3 is 0 Å². The smallest absolute Gasteiger partial charge is 0.262 e. The van der Waals surface area contributed by atoms with Crippen molar-refractivity contribution in [1.82, 2.24) is 14.8 Å². The highest BCUT2D eigenvalue weighted by molar-refractivity contribution is 7.16. The Morgan fingerprint density at radius 1 is 1.42 bits per heavy atom. The zero-order valence-corrected chi connectivity index (χ0v) is 15.8. The first-order valence-corrected chi connectivity index (χ1v) is 9.77. The van der Waals surface area contributed by atoms with E-state index >= 15 is 0 Å². The second kappa shape index (κ2) is 7.46. The molecule has 1 N–H and O–H groups in total. The molecule has 0 bridgehead atoms. The second-order valence-corrected chi connectivity index (χ2v) is 7.46. The fourth-order valence-corrected chi connectivity index (χ4v) is 4.11. The molecule has 0 saturated heterocycles. The summed E-state index contributed by atoms with van der Waals surface area (Å²) in [7, 11) is 0. The third-order valence-electron chi connectivity index (χ3n) is 3.51. The third-order valence-corrected chi connectivity index (χ3v) is 5.55. The van der Waals surface area contributed by atoms with Crippen molar-refractivity contribution in [2.45, 2.75) is 33.2 Å². The first-order valence-electron chi connectivity index (χ1n) is 7.63. The molecule has 0 aliphatic heterocycles. The number of carbonyl (C=O) groups excluding carboxylic acids is 1. The van der Waals surface area contributed by atoms with Crippen LogP contribution < -0.4 is 5.32 Å². The van der Waals surface area contributed by atoms with Crippen molar-refractivity contribution in [3.05, 3.63) is 39.3 Å². The average Bonchev–Trinajstić information content (AvgIpc) is 3.26. The van der Waals surface area contributed by atoms with E-state index in [1.165, 1.54) is 11.3 Å². The van der Waals surface area contributed by atoms with E-state index in [4.69, 9.17) is 11.6 Å². The van der Waals surface area contributed by atoms with Crippen LogP contribution >= 0.6 is 34.3 Å². The molecule has 3 aromatic rings. The van der Waals surface area contributed by atoms with Crippen LogP contribution in [0.1, 0.15) is 35.8 Å². The number of thiophene rings is 1. The summed E-state index contributed by atoms with van der Waals surface area (Å²) in [4.78, 5) is 18.1. The van der Waals surface area contributed by atoms with Crippen molar-refractivity contribution < 1.29 is 4.79 Å². The maximum Gasteiger partial charge on any atom is 0.262 e. The molecule has 0 aliphatic carbocycles. The molecular formula is C16H17ClN4OS2. The number of carbonyl (C=O) groups is 1. The molecular weight excluding hydrogens is 364 g/mol. The van der Waals surface area contributed by atoms with Gasteiger partial charge in [0.15, 0.2) is 5.13 Å². The van der Waals surface area contributed by atoms with E-state index in [1.807, 2.05) is 22.9 Å². The van der Waals surface area contributed by atoms with Crippen LogP contribution in [0.3, 0.4) is 0 Å². The molecule has 0 atom stereocenters. The zero-order chi connectivity index (χ0) is 17.1. The minimum Gasteiger partial charge on any atom is -0.298 e. The maximum atomic E-state index is 12.6. The summed E-state index contributed by atoms with van der Waals surface area (Å²) in [5.74, 6) is -0.271. The third kappa shape index (κ3) is 3.53. The Bertz CT molecular complexity index is 839. The summed E-state index contributed by atoms with van der Waals surface area (Å²) in [5, 5.41) is 12.1. The molecule has 3 rings (SSSR count). The fourth-order valence-electron chi connectivity index (χ4n) is 2.30. The van der Waals surface area contributed by atoms with Crippen LogP contribution in [-0.2, 0) is 6.54 Å². The maximum absolute atomic E-state index is 12.6. The number of anilines is 1. The number of aromatic nitrogens is 3. The van der Waals surface area contributed by atoms with Crippen molar-refractivity contribution in [2.24, 2.45) is 0 Å². The summed E-state index contributed by atoms with van der Waals surface area (Å²) < 4.78 is 1.69. The standard InChI is InChI=1S/C16H17ClN4OS2/c1-3-4-7-21-14(17)13(10(2)20-21)15(22)19-16-18-11(9-24-16)12-6-5-8-23-12/h5-6,8-9H,3-4,7H2,1-2H3,(H,18,19,22). The van der Waals surface area contributed by atoms with Crippen LogP contribution in [-0.4, -0.2) is 20.7 Å². The van der Waals surface area contributed by atoms with Gasteiger partial charge in [-0.15, -0.1) is 22.7 Å². The van der Waals surface area contributed by atoms with Crippen molar-refractivity contribution in [1.29, 1.82) is 0 Å². The molecule has 1 amide bonds. The molecule has 0 radical (unpaired) electrons. The van der Waals surface area contributed by atoms with Gasteiger partial charge in [-0.2, -0.15) is 5.10 Å². The van der Waals surface area contributed by atoms with Crippen LogP contribution in [0.4, 0.5) is 5.13 Å². The summed E-state index contributed by atoms with van der Waals surface area (Å²) in [5.41, 5.74) is 1.91. The summed E-state index contributed by atoms with van der Waals surface area (Å²) >= 11 is 9.35. The van der Waals surface area contributed by atoms with Crippen LogP contribution in [0.5, 0.6) is 0 Å². The summed E-state index contributed by atoms with van der Waals surface area (Å²) in [6.07, 6.45) is 2.01. The number of hydrogen-bond acceptors (Lipinski definition) is 5. The van der Waals surface area contributed by atoms with Crippen molar-refractivity contribution in [3.63, 3.8) is 0 Å². The highest BCUT2D eigenvalue weighted by Crippen LogP contribution is 2.29. The predicted molar refractivity (Wildman–Crippen MR) is 100 cm³/mol. The van der Waals surface area contributed by atoms with Gasteiger partial charge in [-0.25, -0.2) is 4.98 Å². The molecule has 0 saturated carbocycles. The van der Waals surface area contributed by atoms with Crippen LogP contribution in [0.2, 0.25) is 5.15 Å². The predicted octanol–water partition coefficient (Wildman–Crippen LogP) is 5.08. The number of hydrogen-bond donors (Lipinski definition) is 1. The van der Waals surface area contributed by atoms with E-state index in [0.717, 1.165) is 23.4 Å². The topological polar surface area (TPSA) is 59.8 Å². The number of rotatable bonds is 6. The Morgan fingerprint density at radius 2 is 2.25 bits per heavy atom. The van der Waals surface area contributed by atoms with Gasteiger partial charge >= 0.3 is 0 Å². The largest absolute Gasteiger partial charge is 0.298 e. The molecule has 0 spiro atoms. The lowest BCUT2D eigenvalue weighted by molar-refractivity contribution is 0.102. The van der Waals surface area contributed by atoms with Gasteiger partial charge in [0.1, 0.15) is 5.15 Å². The van der Waals surface area contributed by atoms with E-state index in [1.54, 1.807) is 22.9 Å². The number of amides is 1. The van der Waals surface area contributed by atoms with Gasteiger partial charge in [-0.05, 0) is 24.8 Å². The minimum atomic E-state index is -0.271. The van der Waals surface area contributed by atoms with E-state index < -0.39 is 0 Å². The van der Waals surface area contributed by atoms with Crippen molar-refractivity contribution in [3.8, 4) is 10.6 Å². The highest BCUT2D eigenvalue weighted by atomic mass is 35.5. The first kappa shape index (κ1) is 17.1. The molecule has 126 valence electrons. The number of thiazole rings is 1. The average molecular weight is 381 g/mol. The normalized spacial score (nSPS) is 11.0. The number of nitrogens with zero attached hydrogens (tertiary/aromatic N) is 3. The summed E-state index contributed by atoms with van der Waals surface area (Å²) in [6, 6.07) is 3.98. The van der Waals surface area contributed by atoms with Crippen LogP contribution in [0, 0.1) is 6.92 Å². The quantitative estimate of drug-likeness (QED) is 0.648. The van der Waals surface area contributed by atoms with Gasteiger partial charge in [0.2, 0.25) is 0 Å². The Kier molecular flexibility index (Phi) is 5.33. The van der Waals surface area contributed by atoms with Crippen molar-refractivity contribution >= 4 is 45.3 Å². The number of unbranched alkanes of at least 4 members (excludes halogenated alkanes) is 1.